The Bertz CT molecular complexity index is 1170. The molecule has 1 fully saturated rings. The van der Waals surface area contributed by atoms with E-state index in [1.54, 1.807) is 22.5 Å². The molecule has 1 aliphatic heterocycles. The molecule has 0 radical (unpaired) electrons. The number of nitrogens with zero attached hydrogens (tertiary/aromatic N) is 5. The minimum Gasteiger partial charge on any atom is -0.478 e. The maximum atomic E-state index is 13.6. The van der Waals surface area contributed by atoms with Gasteiger partial charge < -0.3 is 34.5 Å². The van der Waals surface area contributed by atoms with E-state index in [1.165, 1.54) is 6.33 Å². The first-order valence-corrected chi connectivity index (χ1v) is 13.6. The van der Waals surface area contributed by atoms with E-state index in [2.05, 4.69) is 15.0 Å². The van der Waals surface area contributed by atoms with Crippen LogP contribution in [-0.4, -0.2) is 91.1 Å². The van der Waals surface area contributed by atoms with Gasteiger partial charge in [0, 0.05) is 25.2 Å². The highest BCUT2D eigenvalue weighted by Gasteiger charge is 2.44. The van der Waals surface area contributed by atoms with Crippen LogP contribution in [0.1, 0.15) is 27.2 Å². The highest BCUT2D eigenvalue weighted by Crippen LogP contribution is 2.55. The lowest BCUT2D eigenvalue weighted by molar-refractivity contribution is -0.150. The van der Waals surface area contributed by atoms with Gasteiger partial charge in [0.1, 0.15) is 24.2 Å². The highest BCUT2D eigenvalue weighted by molar-refractivity contribution is 7.56. The number of carbonyl (C=O) groups is 3. The molecule has 1 aliphatic rings. The zero-order valence-electron chi connectivity index (χ0n) is 21.4. The number of ether oxygens (including phenoxy) is 2. The summed E-state index contributed by atoms with van der Waals surface area (Å²) in [7, 11) is -3.33. The number of esters is 1. The highest BCUT2D eigenvalue weighted by atomic mass is 31.2. The molecule has 15 nitrogen and oxygen atoms in total. The van der Waals surface area contributed by atoms with Crippen LogP contribution in [0, 0.1) is 5.92 Å². The number of aliphatic carboxylic acids is 2. The third kappa shape index (κ3) is 8.58. The predicted molar refractivity (Wildman–Crippen MR) is 135 cm³/mol. The molecule has 2 aromatic rings. The predicted octanol–water partition coefficient (Wildman–Crippen LogP) is 1.60. The molecule has 0 amide bonds. The summed E-state index contributed by atoms with van der Waals surface area (Å²) in [5.74, 6) is -2.67. The van der Waals surface area contributed by atoms with Gasteiger partial charge >= 0.3 is 17.9 Å². The number of nitrogen functional groups attached to an aromatic ring is 1. The fraction of sp³-hybridized carbons (Fsp3) is 0.545. The summed E-state index contributed by atoms with van der Waals surface area (Å²) >= 11 is 0. The van der Waals surface area contributed by atoms with Gasteiger partial charge in [0.2, 0.25) is 0 Å². The molecule has 0 unspecified atom stereocenters. The van der Waals surface area contributed by atoms with Crippen LogP contribution >= 0.6 is 7.52 Å². The third-order valence-corrected chi connectivity index (χ3v) is 7.55. The van der Waals surface area contributed by atoms with Gasteiger partial charge in [-0.1, -0.05) is 13.8 Å². The second-order valence-corrected chi connectivity index (χ2v) is 10.6. The molecule has 1 saturated heterocycles. The summed E-state index contributed by atoms with van der Waals surface area (Å²) in [5.41, 5.74) is 6.93. The number of hydrogen-bond acceptors (Lipinski definition) is 11. The summed E-state index contributed by atoms with van der Waals surface area (Å²) < 4.78 is 33.6. The van der Waals surface area contributed by atoms with Crippen LogP contribution in [0.4, 0.5) is 5.82 Å². The van der Waals surface area contributed by atoms with Gasteiger partial charge in [0.05, 0.1) is 26.1 Å². The lowest BCUT2D eigenvalue weighted by atomic mass is 10.0. The number of imidazole rings is 1. The van der Waals surface area contributed by atoms with E-state index in [4.69, 9.17) is 29.9 Å². The van der Waals surface area contributed by atoms with Crippen molar-refractivity contribution in [3.05, 3.63) is 24.8 Å². The maximum absolute atomic E-state index is 13.6. The number of carboxylic acids is 2. The van der Waals surface area contributed by atoms with Crippen LogP contribution in [0.3, 0.4) is 0 Å². The zero-order chi connectivity index (χ0) is 28.3. The summed E-state index contributed by atoms with van der Waals surface area (Å²) in [4.78, 5) is 43.9. The van der Waals surface area contributed by atoms with E-state index in [9.17, 15) is 18.9 Å². The van der Waals surface area contributed by atoms with Crippen molar-refractivity contribution in [1.82, 2.24) is 24.2 Å². The van der Waals surface area contributed by atoms with Crippen LogP contribution in [0.25, 0.3) is 11.2 Å². The fourth-order valence-corrected chi connectivity index (χ4v) is 5.95. The number of hydrogen-bond donors (Lipinski definition) is 3. The maximum Gasteiger partial charge on any atom is 0.328 e. The lowest BCUT2D eigenvalue weighted by Gasteiger charge is -2.40. The molecule has 3 heterocycles. The number of nitrogens with two attached hydrogens (primary N) is 1. The quantitative estimate of drug-likeness (QED) is 0.155. The molecule has 0 spiro atoms. The first kappa shape index (κ1) is 30.8. The molecular formula is C22H33N6O9P. The zero-order valence-corrected chi connectivity index (χ0v) is 22.3. The molecule has 4 N–H and O–H groups in total. The Morgan fingerprint density at radius 3 is 2.50 bits per heavy atom. The molecule has 2 aromatic heterocycles. The van der Waals surface area contributed by atoms with Crippen molar-refractivity contribution in [3.8, 4) is 0 Å². The molecule has 2 atom stereocenters. The van der Waals surface area contributed by atoms with Crippen molar-refractivity contribution < 1.29 is 43.2 Å². The van der Waals surface area contributed by atoms with Crippen LogP contribution in [0.5, 0.6) is 0 Å². The van der Waals surface area contributed by atoms with Gasteiger partial charge in [-0.25, -0.2) is 29.2 Å². The monoisotopic (exact) mass is 556 g/mol. The number of aromatic nitrogens is 4. The van der Waals surface area contributed by atoms with Crippen LogP contribution < -0.4 is 5.73 Å². The van der Waals surface area contributed by atoms with E-state index >= 15 is 0 Å². The van der Waals surface area contributed by atoms with E-state index in [0.29, 0.717) is 55.3 Å². The molecule has 0 aliphatic carbocycles. The number of carboxylic acid groups (broad SMARTS) is 2. The first-order valence-electron chi connectivity index (χ1n) is 11.8. The van der Waals surface area contributed by atoms with Crippen molar-refractivity contribution in [3.63, 3.8) is 0 Å². The van der Waals surface area contributed by atoms with Crippen LogP contribution in [0.2, 0.25) is 0 Å². The fourth-order valence-electron chi connectivity index (χ4n) is 3.61. The number of rotatable bonds is 11. The Labute approximate surface area is 219 Å². The van der Waals surface area contributed by atoms with Crippen LogP contribution in [-0.2, 0) is 39.5 Å². The van der Waals surface area contributed by atoms with Gasteiger partial charge in [-0.15, -0.1) is 0 Å². The van der Waals surface area contributed by atoms with E-state index in [0.717, 1.165) is 0 Å². The van der Waals surface area contributed by atoms with Gasteiger partial charge in [0.25, 0.3) is 7.52 Å². The second kappa shape index (κ2) is 14.5. The molecule has 0 saturated carbocycles. The topological polar surface area (TPSA) is 209 Å². The Morgan fingerprint density at radius 1 is 1.21 bits per heavy atom. The molecule has 3 rings (SSSR count). The third-order valence-electron chi connectivity index (χ3n) is 5.23. The van der Waals surface area contributed by atoms with Crippen molar-refractivity contribution >= 4 is 42.4 Å². The van der Waals surface area contributed by atoms with Crippen molar-refractivity contribution in [2.75, 3.05) is 38.4 Å². The van der Waals surface area contributed by atoms with Crippen molar-refractivity contribution in [2.24, 2.45) is 5.92 Å². The molecule has 0 aromatic carbocycles. The summed E-state index contributed by atoms with van der Waals surface area (Å²) in [6.45, 7) is 7.39. The number of fused-ring (bicyclic) bond motifs is 1. The Morgan fingerprint density at radius 2 is 1.89 bits per heavy atom. The van der Waals surface area contributed by atoms with E-state index < -0.39 is 25.5 Å². The Balaban J connectivity index is 0.000000550. The molecular weight excluding hydrogens is 523 g/mol. The minimum absolute atomic E-state index is 0.0819. The average molecular weight is 557 g/mol. The normalized spacial score (nSPS) is 18.7. The van der Waals surface area contributed by atoms with Gasteiger partial charge in [-0.2, -0.15) is 0 Å². The molecule has 0 bridgehead atoms. The Hall–Kier alpha value is -3.39. The molecule has 16 heteroatoms. The molecule has 38 heavy (non-hydrogen) atoms. The van der Waals surface area contributed by atoms with Gasteiger partial charge in [0.15, 0.2) is 11.5 Å². The number of anilines is 1. The number of carbonyl (C=O) groups excluding carboxylic acids is 1. The van der Waals surface area contributed by atoms with Crippen molar-refractivity contribution in [2.45, 2.75) is 39.8 Å². The summed E-state index contributed by atoms with van der Waals surface area (Å²) in [6, 6.07) is -0.642. The average Bonchev–Trinajstić information content (AvgIpc) is 3.27. The Kier molecular flexibility index (Phi) is 11.8. The van der Waals surface area contributed by atoms with E-state index in [1.807, 2.05) is 13.8 Å². The van der Waals surface area contributed by atoms with Gasteiger partial charge in [-0.05, 0) is 19.3 Å². The minimum atomic E-state index is -3.33. The van der Waals surface area contributed by atoms with E-state index in [-0.39, 0.29) is 31.4 Å². The molecule has 210 valence electrons. The standard InChI is InChI=1S/C18H29N6O5P.C4H4O4/c1-4-28-18(25)15(13(2)3)24-6-5-8-29-30(24,26)12-27-9-7-23-11-22-14-16(19)20-10-21-17(14)23;5-3(6)1-2-4(7)8/h10-11,13,15H,4-9,12H2,1-3H3,(H2,19,20,21);1-2H,(H,5,6)(H,7,8)/b;2-1+/t15-,30+;/m0./s1. The van der Waals surface area contributed by atoms with Crippen molar-refractivity contribution in [1.29, 1.82) is 0 Å². The SMILES string of the molecule is CCOC(=O)[C@H](C(C)C)N1CCCO[P@]1(=O)COCCn1cnc2c(N)ncnc21.O=C(O)/C=C/C(=O)O. The largest absolute Gasteiger partial charge is 0.478 e. The summed E-state index contributed by atoms with van der Waals surface area (Å²) in [6.07, 6.45) is 4.68. The lowest BCUT2D eigenvalue weighted by Crippen LogP contribution is -2.47. The van der Waals surface area contributed by atoms with Crippen LogP contribution in [0.15, 0.2) is 24.8 Å². The first-order chi connectivity index (χ1) is 18.0. The smallest absolute Gasteiger partial charge is 0.328 e. The van der Waals surface area contributed by atoms with Gasteiger partial charge in [-0.3, -0.25) is 9.36 Å². The second-order valence-electron chi connectivity index (χ2n) is 8.34. The summed E-state index contributed by atoms with van der Waals surface area (Å²) in [5, 5.41) is 15.6.